The summed E-state index contributed by atoms with van der Waals surface area (Å²) in [5, 5.41) is 32.7. The van der Waals surface area contributed by atoms with E-state index in [9.17, 15) is 10.2 Å². The maximum atomic E-state index is 10.1. The minimum absolute atomic E-state index is 0.152. The van der Waals surface area contributed by atoms with Crippen LogP contribution in [0.15, 0.2) is 24.4 Å². The Balaban J connectivity index is 2.52. The summed E-state index contributed by atoms with van der Waals surface area (Å²) >= 11 is 0. The lowest BCUT2D eigenvalue weighted by atomic mass is 10.00. The van der Waals surface area contributed by atoms with E-state index in [4.69, 9.17) is 11.0 Å². The van der Waals surface area contributed by atoms with Gasteiger partial charge in [0, 0.05) is 6.54 Å². The molecular formula is C14H15N4O2. The molecule has 2 aromatic rings. The number of benzene rings is 1. The van der Waals surface area contributed by atoms with E-state index in [-0.39, 0.29) is 18.8 Å². The van der Waals surface area contributed by atoms with Crippen LogP contribution in [0.1, 0.15) is 23.8 Å². The highest BCUT2D eigenvalue weighted by Crippen LogP contribution is 2.33. The Bertz CT molecular complexity index is 658. The zero-order chi connectivity index (χ0) is 14.7. The quantitative estimate of drug-likeness (QED) is 0.776. The van der Waals surface area contributed by atoms with Crippen molar-refractivity contribution in [2.24, 2.45) is 5.73 Å². The minimum atomic E-state index is -0.983. The summed E-state index contributed by atoms with van der Waals surface area (Å²) in [6.07, 6.45) is 0.657. The Hall–Kier alpha value is -2.36. The monoisotopic (exact) mass is 271 g/mol. The fraction of sp³-hybridized carbons (Fsp3) is 0.214. The molecule has 1 aromatic heterocycles. The van der Waals surface area contributed by atoms with E-state index in [2.05, 4.69) is 12.0 Å². The number of nitriles is 1. The van der Waals surface area contributed by atoms with Crippen molar-refractivity contribution in [1.29, 1.82) is 5.26 Å². The van der Waals surface area contributed by atoms with Gasteiger partial charge in [-0.1, -0.05) is 6.07 Å². The third kappa shape index (κ3) is 2.37. The molecule has 1 atom stereocenters. The molecule has 0 aliphatic heterocycles. The van der Waals surface area contributed by atoms with Crippen LogP contribution in [0, 0.1) is 18.3 Å². The van der Waals surface area contributed by atoms with Gasteiger partial charge in [0.25, 0.3) is 0 Å². The molecule has 1 unspecified atom stereocenters. The van der Waals surface area contributed by atoms with E-state index >= 15 is 0 Å². The van der Waals surface area contributed by atoms with Crippen LogP contribution >= 0.6 is 0 Å². The first-order valence-electron chi connectivity index (χ1n) is 6.09. The first-order chi connectivity index (χ1) is 9.62. The van der Waals surface area contributed by atoms with Crippen molar-refractivity contribution in [2.75, 3.05) is 0 Å². The minimum Gasteiger partial charge on any atom is -0.493 e. The van der Waals surface area contributed by atoms with Crippen LogP contribution in [0.25, 0.3) is 11.1 Å². The second-order valence-electron chi connectivity index (χ2n) is 4.28. The molecule has 0 aliphatic carbocycles. The second kappa shape index (κ2) is 5.74. The fourth-order valence-corrected chi connectivity index (χ4v) is 1.98. The molecule has 0 aliphatic rings. The summed E-state index contributed by atoms with van der Waals surface area (Å²) in [6, 6.07) is 7.06. The zero-order valence-corrected chi connectivity index (χ0v) is 10.8. The van der Waals surface area contributed by atoms with Crippen molar-refractivity contribution in [3.63, 3.8) is 0 Å². The van der Waals surface area contributed by atoms with Gasteiger partial charge >= 0.3 is 0 Å². The number of nitrogens with two attached hydrogens (primary N) is 1. The smallest absolute Gasteiger partial charge is 0.219 e. The van der Waals surface area contributed by atoms with Gasteiger partial charge < -0.3 is 15.9 Å². The number of hydrogen-bond donors (Lipinski definition) is 3. The van der Waals surface area contributed by atoms with Gasteiger partial charge in [-0.3, -0.25) is 0 Å². The SMILES string of the molecule is [CH2]CC(O)n1ncc(-c2ccc(C#N)cc2CN)c1O. The molecular weight excluding hydrogens is 256 g/mol. The molecule has 6 heteroatoms. The molecule has 0 bridgehead atoms. The van der Waals surface area contributed by atoms with E-state index in [1.165, 1.54) is 6.20 Å². The van der Waals surface area contributed by atoms with Gasteiger partial charge in [0.2, 0.25) is 5.88 Å². The third-order valence-corrected chi connectivity index (χ3v) is 3.05. The van der Waals surface area contributed by atoms with Gasteiger partial charge in [-0.15, -0.1) is 0 Å². The zero-order valence-electron chi connectivity index (χ0n) is 10.8. The Morgan fingerprint density at radius 3 is 2.80 bits per heavy atom. The third-order valence-electron chi connectivity index (χ3n) is 3.05. The van der Waals surface area contributed by atoms with Gasteiger partial charge in [0.15, 0.2) is 6.23 Å². The largest absolute Gasteiger partial charge is 0.493 e. The van der Waals surface area contributed by atoms with Crippen molar-refractivity contribution in [3.05, 3.63) is 42.4 Å². The average molecular weight is 271 g/mol. The highest BCUT2D eigenvalue weighted by Gasteiger charge is 2.17. The van der Waals surface area contributed by atoms with Crippen LogP contribution in [0.4, 0.5) is 0 Å². The van der Waals surface area contributed by atoms with E-state index in [0.717, 1.165) is 10.2 Å². The normalized spacial score (nSPS) is 12.1. The summed E-state index contributed by atoms with van der Waals surface area (Å²) in [6.45, 7) is 3.79. The van der Waals surface area contributed by atoms with Gasteiger partial charge in [0.1, 0.15) is 0 Å². The number of aliphatic hydroxyl groups is 1. The highest BCUT2D eigenvalue weighted by atomic mass is 16.3. The van der Waals surface area contributed by atoms with Crippen molar-refractivity contribution < 1.29 is 10.2 Å². The average Bonchev–Trinajstić information content (AvgIpc) is 2.87. The summed E-state index contributed by atoms with van der Waals surface area (Å²) in [5.74, 6) is -0.152. The standard InChI is InChI=1S/C14H15N4O2/c1-2-13(19)18-14(20)12(8-17-18)11-4-3-9(6-15)5-10(11)7-16/h3-5,8,13,19-20H,1-2,7,16H2. The van der Waals surface area contributed by atoms with E-state index in [1.54, 1.807) is 18.2 Å². The van der Waals surface area contributed by atoms with Crippen LogP contribution in [0.2, 0.25) is 0 Å². The van der Waals surface area contributed by atoms with E-state index in [0.29, 0.717) is 16.7 Å². The van der Waals surface area contributed by atoms with Crippen LogP contribution in [0.3, 0.4) is 0 Å². The van der Waals surface area contributed by atoms with E-state index in [1.807, 2.05) is 6.07 Å². The van der Waals surface area contributed by atoms with Crippen molar-refractivity contribution >= 4 is 0 Å². The number of hydrogen-bond acceptors (Lipinski definition) is 5. The van der Waals surface area contributed by atoms with Crippen LogP contribution in [-0.2, 0) is 6.54 Å². The fourth-order valence-electron chi connectivity index (χ4n) is 1.98. The van der Waals surface area contributed by atoms with Gasteiger partial charge in [-0.05, 0) is 36.6 Å². The lowest BCUT2D eigenvalue weighted by Crippen LogP contribution is -2.07. The number of rotatable bonds is 4. The second-order valence-corrected chi connectivity index (χ2v) is 4.28. The van der Waals surface area contributed by atoms with Crippen LogP contribution < -0.4 is 5.73 Å². The first kappa shape index (κ1) is 14.1. The summed E-state index contributed by atoms with van der Waals surface area (Å²) in [4.78, 5) is 0. The number of aliphatic hydroxyl groups excluding tert-OH is 1. The van der Waals surface area contributed by atoms with Crippen molar-refractivity contribution in [3.8, 4) is 23.1 Å². The van der Waals surface area contributed by atoms with E-state index < -0.39 is 6.23 Å². The Kier molecular flexibility index (Phi) is 4.03. The van der Waals surface area contributed by atoms with Gasteiger partial charge in [-0.25, -0.2) is 4.68 Å². The Morgan fingerprint density at radius 1 is 1.45 bits per heavy atom. The molecule has 1 heterocycles. The van der Waals surface area contributed by atoms with Gasteiger partial charge in [-0.2, -0.15) is 10.4 Å². The molecule has 0 spiro atoms. The van der Waals surface area contributed by atoms with Gasteiger partial charge in [0.05, 0.1) is 23.4 Å². The first-order valence-corrected chi connectivity index (χ1v) is 6.09. The summed E-state index contributed by atoms with van der Waals surface area (Å²) < 4.78 is 1.10. The summed E-state index contributed by atoms with van der Waals surface area (Å²) in [5.41, 5.74) is 8.05. The molecule has 0 fully saturated rings. The molecule has 103 valence electrons. The van der Waals surface area contributed by atoms with Crippen molar-refractivity contribution in [1.82, 2.24) is 9.78 Å². The Labute approximate surface area is 116 Å². The molecule has 0 amide bonds. The van der Waals surface area contributed by atoms with Crippen LogP contribution in [0.5, 0.6) is 5.88 Å². The molecule has 1 aromatic carbocycles. The topological polar surface area (TPSA) is 108 Å². The predicted molar refractivity (Wildman–Crippen MR) is 73.2 cm³/mol. The Morgan fingerprint density at radius 2 is 2.20 bits per heavy atom. The molecule has 6 nitrogen and oxygen atoms in total. The maximum Gasteiger partial charge on any atom is 0.219 e. The summed E-state index contributed by atoms with van der Waals surface area (Å²) in [7, 11) is 0. The lowest BCUT2D eigenvalue weighted by molar-refractivity contribution is 0.0839. The molecule has 2 rings (SSSR count). The number of nitrogens with zero attached hydrogens (tertiary/aromatic N) is 3. The molecule has 0 saturated heterocycles. The number of aromatic nitrogens is 2. The molecule has 0 saturated carbocycles. The molecule has 1 radical (unpaired) electrons. The predicted octanol–water partition coefficient (Wildman–Crippen LogP) is 1.30. The lowest BCUT2D eigenvalue weighted by Gasteiger charge is -2.10. The number of aromatic hydroxyl groups is 1. The molecule has 4 N–H and O–H groups in total. The highest BCUT2D eigenvalue weighted by molar-refractivity contribution is 5.72. The maximum absolute atomic E-state index is 10.1. The van der Waals surface area contributed by atoms with Crippen molar-refractivity contribution in [2.45, 2.75) is 19.2 Å². The molecule has 20 heavy (non-hydrogen) atoms. The van der Waals surface area contributed by atoms with Crippen LogP contribution in [-0.4, -0.2) is 20.0 Å².